The van der Waals surface area contributed by atoms with Gasteiger partial charge in [0, 0.05) is 56.7 Å². The second-order valence-electron chi connectivity index (χ2n) is 21.7. The second-order valence-corrected chi connectivity index (χ2v) is 22.5. The molecule has 3 fully saturated rings. The topological polar surface area (TPSA) is 236 Å². The van der Waals surface area contributed by atoms with Crippen molar-refractivity contribution in [3.8, 4) is 27.9 Å². The van der Waals surface area contributed by atoms with Gasteiger partial charge >= 0.3 is 0 Å². The summed E-state index contributed by atoms with van der Waals surface area (Å²) in [5.74, 6) is 0.516. The lowest BCUT2D eigenvalue weighted by Crippen LogP contribution is -2.57. The summed E-state index contributed by atoms with van der Waals surface area (Å²) < 4.78 is 7.72. The highest BCUT2D eigenvalue weighted by Gasteiger charge is 2.45. The quantitative estimate of drug-likeness (QED) is 0.0551. The van der Waals surface area contributed by atoms with Gasteiger partial charge in [0.05, 0.1) is 52.9 Å². The minimum absolute atomic E-state index is 0.00287. The number of carbonyl (C=O) groups excluding carboxylic acids is 4. The Balaban J connectivity index is 0.721. The molecule has 5 N–H and O–H groups in total. The summed E-state index contributed by atoms with van der Waals surface area (Å²) in [6.07, 6.45) is 11.1. The first-order chi connectivity index (χ1) is 36.6. The molecule has 4 amide bonds. The Bertz CT molecular complexity index is 2930. The molecule has 5 aromatic rings. The molecule has 2 aromatic carbocycles. The number of hydrogen-bond acceptors (Lipinski definition) is 15. The molecule has 1 aliphatic carbocycles. The van der Waals surface area contributed by atoms with Crippen molar-refractivity contribution in [1.29, 1.82) is 5.26 Å². The Hall–Kier alpha value is -6.95. The zero-order valence-electron chi connectivity index (χ0n) is 44.5. The molecule has 76 heavy (non-hydrogen) atoms. The molecule has 6 heterocycles. The second kappa shape index (κ2) is 23.5. The summed E-state index contributed by atoms with van der Waals surface area (Å²) in [6.45, 7) is 12.4. The SMILES string of the molecule is CC[C@@H]1c2c(C#N)ncn2-c2cnc(Nc3ccc(C(=O)NC4CCN(CCCCC(=O)N[C@H](C(=O)N5C[C@H](O)C[C@H]5C(=O)NCc5ccc(-c6scnc6C)cc5)C(C)(C)C)CC4)cc3OC)nc2N1C1CCCC1. The van der Waals surface area contributed by atoms with Gasteiger partial charge in [-0.25, -0.2) is 15.0 Å². The van der Waals surface area contributed by atoms with Gasteiger partial charge in [0.25, 0.3) is 5.91 Å². The number of aliphatic hydroxyl groups is 1. The summed E-state index contributed by atoms with van der Waals surface area (Å²) in [5, 5.41) is 33.1. The van der Waals surface area contributed by atoms with E-state index in [-0.39, 0.29) is 61.6 Å². The molecule has 3 aliphatic heterocycles. The normalized spacial score (nSPS) is 19.4. The van der Waals surface area contributed by atoms with Crippen LogP contribution in [0.25, 0.3) is 16.1 Å². The van der Waals surface area contributed by atoms with E-state index in [9.17, 15) is 29.5 Å². The van der Waals surface area contributed by atoms with Gasteiger partial charge < -0.3 is 45.8 Å². The molecule has 4 atom stereocenters. The third kappa shape index (κ3) is 11.9. The zero-order valence-corrected chi connectivity index (χ0v) is 45.3. The minimum Gasteiger partial charge on any atom is -0.495 e. The molecule has 402 valence electrons. The number of ether oxygens (including phenoxy) is 1. The third-order valence-corrected chi connectivity index (χ3v) is 16.4. The van der Waals surface area contributed by atoms with Crippen LogP contribution in [-0.4, -0.2) is 127 Å². The van der Waals surface area contributed by atoms with Crippen LogP contribution in [0.15, 0.2) is 60.5 Å². The number of fused-ring (bicyclic) bond motifs is 3. The van der Waals surface area contributed by atoms with Gasteiger partial charge in [-0.05, 0) is 93.2 Å². The highest BCUT2D eigenvalue weighted by atomic mass is 32.1. The monoisotopic (exact) mass is 1050 g/mol. The molecule has 20 heteroatoms. The molecular formula is C56H71N13O6S. The summed E-state index contributed by atoms with van der Waals surface area (Å²) in [6, 6.07) is 14.0. The fourth-order valence-electron chi connectivity index (χ4n) is 11.3. The lowest BCUT2D eigenvalue weighted by molar-refractivity contribution is -0.144. The molecule has 0 bridgehead atoms. The zero-order chi connectivity index (χ0) is 53.7. The molecule has 0 spiro atoms. The van der Waals surface area contributed by atoms with E-state index in [0.29, 0.717) is 41.1 Å². The number of piperidine rings is 1. The predicted octanol–water partition coefficient (Wildman–Crippen LogP) is 7.11. The standard InChI is InChI=1S/C56H71N13O6S/c1-7-43-48-42(28-57)60-32-68(48)45-30-59-55(65-51(45)69(43)39-12-8-9-13-39)63-41-20-19-37(26-46(41)75-6)52(72)62-38-21-24-66(25-22-38)23-11-10-14-47(71)64-50(56(3,4)5)54(74)67-31-40(70)27-44(67)53(73)58-29-35-15-17-36(18-16-35)49-34(2)61-33-76-49/h15-20,26,30,32-33,38-40,43-44,50,70H,7-14,21-25,27,29,31H2,1-6H3,(H,58,73)(H,62,72)(H,64,71)(H,59,63,65)/t40-,43-,44+,50-/m1/s1. The Morgan fingerprint density at radius 2 is 1.76 bits per heavy atom. The lowest BCUT2D eigenvalue weighted by atomic mass is 9.85. The van der Waals surface area contributed by atoms with E-state index in [1.807, 2.05) is 62.0 Å². The van der Waals surface area contributed by atoms with Crippen LogP contribution in [0.2, 0.25) is 0 Å². The smallest absolute Gasteiger partial charge is 0.251 e. The fourth-order valence-corrected chi connectivity index (χ4v) is 12.1. The number of benzene rings is 2. The Morgan fingerprint density at radius 3 is 2.45 bits per heavy atom. The van der Waals surface area contributed by atoms with Gasteiger partial charge in [0.1, 0.15) is 35.9 Å². The van der Waals surface area contributed by atoms with E-state index < -0.39 is 23.6 Å². The maximum absolute atomic E-state index is 14.1. The highest BCUT2D eigenvalue weighted by Crippen LogP contribution is 2.45. The molecule has 0 unspecified atom stereocenters. The molecule has 0 radical (unpaired) electrons. The molecule has 19 nitrogen and oxygen atoms in total. The summed E-state index contributed by atoms with van der Waals surface area (Å²) in [5.41, 5.74) is 7.28. The molecule has 2 saturated heterocycles. The van der Waals surface area contributed by atoms with Crippen LogP contribution in [0.5, 0.6) is 5.75 Å². The summed E-state index contributed by atoms with van der Waals surface area (Å²) >= 11 is 1.58. The average Bonchev–Trinajstić information content (AvgIpc) is 4.31. The van der Waals surface area contributed by atoms with Crippen molar-refractivity contribution < 1.29 is 29.0 Å². The van der Waals surface area contributed by atoms with Gasteiger partial charge in [-0.15, -0.1) is 11.3 Å². The summed E-state index contributed by atoms with van der Waals surface area (Å²) in [7, 11) is 1.57. The number of carbonyl (C=O) groups is 4. The van der Waals surface area contributed by atoms with E-state index in [2.05, 4.69) is 59.0 Å². The number of aromatic nitrogens is 5. The number of unbranched alkanes of at least 4 members (excludes halogenated alkanes) is 1. The fraction of sp³-hybridized carbons (Fsp3) is 0.518. The van der Waals surface area contributed by atoms with Gasteiger partial charge in [-0.3, -0.25) is 23.7 Å². The van der Waals surface area contributed by atoms with Gasteiger partial charge in [0.15, 0.2) is 11.5 Å². The van der Waals surface area contributed by atoms with Gasteiger partial charge in [0.2, 0.25) is 23.7 Å². The largest absolute Gasteiger partial charge is 0.495 e. The van der Waals surface area contributed by atoms with E-state index >= 15 is 0 Å². The molecule has 1 saturated carbocycles. The minimum atomic E-state index is -0.890. The number of hydrogen-bond donors (Lipinski definition) is 5. The van der Waals surface area contributed by atoms with Crippen LogP contribution in [0.4, 0.5) is 17.5 Å². The molecular weight excluding hydrogens is 983 g/mol. The third-order valence-electron chi connectivity index (χ3n) is 15.4. The van der Waals surface area contributed by atoms with Crippen LogP contribution in [0.1, 0.15) is 137 Å². The van der Waals surface area contributed by atoms with Crippen LogP contribution >= 0.6 is 11.3 Å². The number of likely N-dealkylation sites (tertiary alicyclic amines) is 2. The van der Waals surface area contributed by atoms with Crippen molar-refractivity contribution in [3.05, 3.63) is 88.7 Å². The first kappa shape index (κ1) is 53.9. The van der Waals surface area contributed by atoms with Crippen LogP contribution < -0.4 is 30.9 Å². The van der Waals surface area contributed by atoms with Crippen LogP contribution in [0, 0.1) is 23.7 Å². The number of methoxy groups -OCH3 is 1. The van der Waals surface area contributed by atoms with Gasteiger partial charge in [-0.1, -0.05) is 64.8 Å². The van der Waals surface area contributed by atoms with E-state index in [4.69, 9.17) is 9.72 Å². The number of nitriles is 1. The Morgan fingerprint density at radius 1 is 1.00 bits per heavy atom. The van der Waals surface area contributed by atoms with Gasteiger partial charge in [-0.2, -0.15) is 10.2 Å². The number of amides is 4. The van der Waals surface area contributed by atoms with Crippen molar-refractivity contribution in [1.82, 2.24) is 50.3 Å². The van der Waals surface area contributed by atoms with Crippen molar-refractivity contribution in [2.75, 3.05) is 43.5 Å². The highest BCUT2D eigenvalue weighted by molar-refractivity contribution is 7.13. The Labute approximate surface area is 448 Å². The Kier molecular flexibility index (Phi) is 16.7. The molecule has 9 rings (SSSR count). The number of aryl methyl sites for hydroxylation is 1. The number of nitrogens with zero attached hydrogens (tertiary/aromatic N) is 9. The van der Waals surface area contributed by atoms with E-state index in [1.54, 1.807) is 49.2 Å². The summed E-state index contributed by atoms with van der Waals surface area (Å²) in [4.78, 5) is 80.4. The van der Waals surface area contributed by atoms with E-state index in [1.165, 1.54) is 4.90 Å². The average molecular weight is 1050 g/mol. The van der Waals surface area contributed by atoms with Crippen molar-refractivity contribution >= 4 is 52.4 Å². The number of nitrogens with one attached hydrogen (secondary N) is 4. The van der Waals surface area contributed by atoms with Crippen molar-refractivity contribution in [2.24, 2.45) is 5.41 Å². The first-order valence-electron chi connectivity index (χ1n) is 26.8. The predicted molar refractivity (Wildman–Crippen MR) is 290 cm³/mol. The van der Waals surface area contributed by atoms with Crippen LogP contribution in [0.3, 0.4) is 0 Å². The van der Waals surface area contributed by atoms with Crippen molar-refractivity contribution in [3.63, 3.8) is 0 Å². The van der Waals surface area contributed by atoms with E-state index in [0.717, 1.165) is 110 Å². The number of aliphatic hydroxyl groups excluding tert-OH is 1. The first-order valence-corrected chi connectivity index (χ1v) is 27.7. The lowest BCUT2D eigenvalue weighted by Gasteiger charge is -2.41. The number of β-amino-alcohol motifs (C(OH)–C–C–N with tert-alkyl or cyclic N) is 1. The number of rotatable bonds is 18. The maximum Gasteiger partial charge on any atom is 0.251 e. The number of imidazole rings is 1. The van der Waals surface area contributed by atoms with Crippen molar-refractivity contribution in [2.45, 2.75) is 148 Å². The number of anilines is 3. The maximum atomic E-state index is 14.1. The molecule has 3 aromatic heterocycles. The van der Waals surface area contributed by atoms with Crippen LogP contribution in [-0.2, 0) is 20.9 Å². The molecule has 4 aliphatic rings. The number of thiazole rings is 1.